The molecule has 0 aliphatic rings. The van der Waals surface area contributed by atoms with Gasteiger partial charge in [-0.2, -0.15) is 0 Å². The van der Waals surface area contributed by atoms with Crippen LogP contribution in [0.5, 0.6) is 0 Å². The van der Waals surface area contributed by atoms with Crippen molar-refractivity contribution < 1.29 is 38.6 Å². The van der Waals surface area contributed by atoms with Crippen LogP contribution in [0.1, 0.15) is 19.8 Å². The highest BCUT2D eigenvalue weighted by Gasteiger charge is 2.23. The third-order valence-corrected chi connectivity index (χ3v) is 2.45. The van der Waals surface area contributed by atoms with Gasteiger partial charge in [-0.3, -0.25) is 4.57 Å². The Bertz CT molecular complexity index is 275. The zero-order valence-electron chi connectivity index (χ0n) is 7.98. The van der Waals surface area contributed by atoms with E-state index in [1.165, 1.54) is 0 Å². The Kier molecular flexibility index (Phi) is 8.14. The maximum atomic E-state index is 10.1. The van der Waals surface area contributed by atoms with E-state index < -0.39 is 20.9 Å². The van der Waals surface area contributed by atoms with Crippen LogP contribution in [0.3, 0.4) is 0 Å². The fourth-order valence-corrected chi connectivity index (χ4v) is 1.09. The van der Waals surface area contributed by atoms with E-state index in [4.69, 9.17) is 24.7 Å². The summed E-state index contributed by atoms with van der Waals surface area (Å²) in [5.74, 6) is 0. The van der Waals surface area contributed by atoms with Crippen molar-refractivity contribution in [2.45, 2.75) is 19.8 Å². The van der Waals surface area contributed by atoms with E-state index in [0.29, 0.717) is 6.42 Å². The summed E-state index contributed by atoms with van der Waals surface area (Å²) in [4.78, 5) is 41.0. The van der Waals surface area contributed by atoms with Gasteiger partial charge in [-0.1, -0.05) is 13.3 Å². The lowest BCUT2D eigenvalue weighted by Gasteiger charge is -1.98. The van der Waals surface area contributed by atoms with Crippen LogP contribution in [0, 0.1) is 0 Å². The average molecular weight is 264 g/mol. The maximum absolute atomic E-state index is 10.1. The van der Waals surface area contributed by atoms with Gasteiger partial charge in [0.15, 0.2) is 0 Å². The summed E-state index contributed by atoms with van der Waals surface area (Å²) in [6, 6.07) is 0. The number of carbonyl (C=O) groups is 1. The topological polar surface area (TPSA) is 152 Å². The molecule has 0 aromatic carbocycles. The van der Waals surface area contributed by atoms with Crippen molar-refractivity contribution in [1.29, 1.82) is 0 Å². The van der Waals surface area contributed by atoms with Gasteiger partial charge in [0.05, 0.1) is 0 Å². The Labute approximate surface area is 86.3 Å². The first-order valence-electron chi connectivity index (χ1n) is 3.84. The van der Waals surface area contributed by atoms with Crippen molar-refractivity contribution in [3.63, 3.8) is 0 Å². The van der Waals surface area contributed by atoms with E-state index in [-0.39, 0.29) is 6.16 Å². The van der Waals surface area contributed by atoms with Crippen LogP contribution in [-0.4, -0.2) is 36.6 Å². The number of hydrogen-bond acceptors (Lipinski definition) is 3. The van der Waals surface area contributed by atoms with Crippen LogP contribution in [0.15, 0.2) is 0 Å². The molecule has 0 fully saturated rings. The van der Waals surface area contributed by atoms with Crippen LogP contribution in [-0.2, 0) is 9.13 Å². The standard InChI is InChI=1S/C4H11O3P.CH3O5P/c1-2-3-4-8(5,6)7;2-1(3)7(4,5)6/h2-4H2,1H3,(H2,5,6,7);(H,2,3)(H2,4,5,6). The molecule has 0 rings (SSSR count). The molecule has 10 heteroatoms. The predicted octanol–water partition coefficient (Wildman–Crippen LogP) is 0.806. The number of rotatable bonds is 4. The Balaban J connectivity index is 0. The van der Waals surface area contributed by atoms with Crippen molar-refractivity contribution in [2.75, 3.05) is 6.16 Å². The molecular formula is C5H14O8P2. The Morgan fingerprint density at radius 2 is 1.47 bits per heavy atom. The van der Waals surface area contributed by atoms with Gasteiger partial charge in [0, 0.05) is 6.16 Å². The van der Waals surface area contributed by atoms with Gasteiger partial charge in [0.1, 0.15) is 0 Å². The molecule has 15 heavy (non-hydrogen) atoms. The maximum Gasteiger partial charge on any atom is 0.433 e. The summed E-state index contributed by atoms with van der Waals surface area (Å²) < 4.78 is 19.5. The first-order valence-corrected chi connectivity index (χ1v) is 7.25. The van der Waals surface area contributed by atoms with Gasteiger partial charge in [-0.05, 0) is 6.42 Å². The van der Waals surface area contributed by atoms with Gasteiger partial charge < -0.3 is 24.7 Å². The Morgan fingerprint density at radius 3 is 1.53 bits per heavy atom. The molecule has 0 aliphatic carbocycles. The predicted molar refractivity (Wildman–Crippen MR) is 51.9 cm³/mol. The molecule has 0 radical (unpaired) electrons. The highest BCUT2D eigenvalue weighted by molar-refractivity contribution is 7.69. The van der Waals surface area contributed by atoms with Crippen molar-refractivity contribution in [2.24, 2.45) is 0 Å². The molecule has 0 bridgehead atoms. The normalized spacial score (nSPS) is 11.5. The summed E-state index contributed by atoms with van der Waals surface area (Å²) in [5, 5.41) is 7.49. The van der Waals surface area contributed by atoms with Crippen LogP contribution >= 0.6 is 15.2 Å². The lowest BCUT2D eigenvalue weighted by molar-refractivity contribution is 0.208. The second-order valence-corrected chi connectivity index (χ2v) is 5.82. The van der Waals surface area contributed by atoms with Crippen LogP contribution in [0.2, 0.25) is 0 Å². The molecule has 8 nitrogen and oxygen atoms in total. The molecule has 0 saturated carbocycles. The van der Waals surface area contributed by atoms with Gasteiger partial charge in [0.2, 0.25) is 0 Å². The van der Waals surface area contributed by atoms with Crippen LogP contribution in [0.25, 0.3) is 0 Å². The molecule has 92 valence electrons. The molecule has 0 aliphatic heterocycles. The lowest BCUT2D eigenvalue weighted by atomic mass is 10.4. The molecular weight excluding hydrogens is 250 g/mol. The second-order valence-electron chi connectivity index (χ2n) is 2.57. The molecule has 0 unspecified atom stereocenters. The molecule has 0 aromatic heterocycles. The van der Waals surface area contributed by atoms with Gasteiger partial charge >= 0.3 is 20.9 Å². The van der Waals surface area contributed by atoms with Crippen molar-refractivity contribution >= 4 is 20.9 Å². The monoisotopic (exact) mass is 264 g/mol. The minimum Gasteiger partial charge on any atom is -0.472 e. The van der Waals surface area contributed by atoms with Crippen LogP contribution < -0.4 is 0 Å². The average Bonchev–Trinajstić information content (AvgIpc) is 1.98. The van der Waals surface area contributed by atoms with Gasteiger partial charge in [0.25, 0.3) is 0 Å². The fourth-order valence-electron chi connectivity index (χ4n) is 0.364. The highest BCUT2D eigenvalue weighted by Crippen LogP contribution is 2.35. The van der Waals surface area contributed by atoms with Gasteiger partial charge in [-0.25, -0.2) is 9.36 Å². The quantitative estimate of drug-likeness (QED) is 0.467. The Hall–Kier alpha value is -0.230. The first kappa shape index (κ1) is 17.2. The van der Waals surface area contributed by atoms with Crippen molar-refractivity contribution in [1.82, 2.24) is 0 Å². The van der Waals surface area contributed by atoms with Crippen molar-refractivity contribution in [3.05, 3.63) is 0 Å². The molecule has 0 saturated heterocycles. The summed E-state index contributed by atoms with van der Waals surface area (Å²) >= 11 is 0. The van der Waals surface area contributed by atoms with E-state index in [9.17, 15) is 13.9 Å². The number of unbranched alkanes of at least 4 members (excludes halogenated alkanes) is 1. The molecule has 0 amide bonds. The molecule has 0 heterocycles. The lowest BCUT2D eigenvalue weighted by Crippen LogP contribution is -1.90. The van der Waals surface area contributed by atoms with E-state index in [1.807, 2.05) is 6.92 Å². The summed E-state index contributed by atoms with van der Waals surface area (Å²) in [5.41, 5.74) is -2.09. The third kappa shape index (κ3) is 16.4. The van der Waals surface area contributed by atoms with E-state index in [1.54, 1.807) is 0 Å². The summed E-state index contributed by atoms with van der Waals surface area (Å²) in [7, 11) is -8.50. The smallest absolute Gasteiger partial charge is 0.433 e. The third-order valence-electron chi connectivity index (χ3n) is 1.05. The first-order chi connectivity index (χ1) is 6.50. The minimum absolute atomic E-state index is 0.0312. The SMILES string of the molecule is CCCCP(=O)(O)O.O=C(O)P(=O)(O)O. The zero-order valence-corrected chi connectivity index (χ0v) is 9.77. The summed E-state index contributed by atoms with van der Waals surface area (Å²) in [6.45, 7) is 1.90. The summed E-state index contributed by atoms with van der Waals surface area (Å²) in [6.07, 6.45) is 1.49. The van der Waals surface area contributed by atoms with Gasteiger partial charge in [-0.15, -0.1) is 0 Å². The largest absolute Gasteiger partial charge is 0.472 e. The van der Waals surface area contributed by atoms with E-state index in [0.717, 1.165) is 6.42 Å². The van der Waals surface area contributed by atoms with E-state index >= 15 is 0 Å². The second kappa shape index (κ2) is 7.11. The fraction of sp³-hybridized carbons (Fsp3) is 0.800. The highest BCUT2D eigenvalue weighted by atomic mass is 31.2. The van der Waals surface area contributed by atoms with E-state index in [2.05, 4.69) is 0 Å². The molecule has 5 N–H and O–H groups in total. The number of carboxylic acid groups (broad SMARTS) is 1. The van der Waals surface area contributed by atoms with Crippen molar-refractivity contribution in [3.8, 4) is 0 Å². The molecule has 0 aromatic rings. The molecule has 0 atom stereocenters. The molecule has 0 spiro atoms. The Morgan fingerprint density at radius 1 is 1.13 bits per heavy atom. The zero-order chi connectivity index (χ0) is 12.7. The number of hydrogen-bond donors (Lipinski definition) is 5. The van der Waals surface area contributed by atoms with Crippen LogP contribution in [0.4, 0.5) is 4.79 Å². The minimum atomic E-state index is -4.82.